The van der Waals surface area contributed by atoms with Crippen molar-refractivity contribution in [3.05, 3.63) is 47.2 Å². The van der Waals surface area contributed by atoms with Gasteiger partial charge in [-0.3, -0.25) is 4.79 Å². The minimum atomic E-state index is 0.0160. The lowest BCUT2D eigenvalue weighted by Crippen LogP contribution is -2.24. The first-order valence-corrected chi connectivity index (χ1v) is 7.39. The molecule has 22 heavy (non-hydrogen) atoms. The zero-order valence-corrected chi connectivity index (χ0v) is 13.8. The first-order chi connectivity index (χ1) is 10.5. The van der Waals surface area contributed by atoms with Crippen molar-refractivity contribution in [2.75, 3.05) is 14.2 Å². The fourth-order valence-electron chi connectivity index (χ4n) is 2.52. The molecular formula is C18H23NO3. The van der Waals surface area contributed by atoms with Crippen LogP contribution in [0, 0.1) is 5.92 Å². The Hall–Kier alpha value is -2.23. The van der Waals surface area contributed by atoms with E-state index in [-0.39, 0.29) is 5.91 Å². The van der Waals surface area contributed by atoms with Crippen molar-refractivity contribution in [3.63, 3.8) is 0 Å². The van der Waals surface area contributed by atoms with E-state index >= 15 is 0 Å². The van der Waals surface area contributed by atoms with Crippen LogP contribution in [0.2, 0.25) is 0 Å². The number of rotatable bonds is 5. The summed E-state index contributed by atoms with van der Waals surface area (Å²) in [6.07, 6.45) is 3.80. The monoisotopic (exact) mass is 301 g/mol. The number of nitrogens with zero attached hydrogens (tertiary/aromatic N) is 1. The van der Waals surface area contributed by atoms with Gasteiger partial charge in [0.25, 0.3) is 5.91 Å². The van der Waals surface area contributed by atoms with Crippen molar-refractivity contribution < 1.29 is 14.3 Å². The van der Waals surface area contributed by atoms with Crippen LogP contribution in [-0.2, 0) is 11.3 Å². The van der Waals surface area contributed by atoms with E-state index in [0.29, 0.717) is 12.5 Å². The number of hydrogen-bond acceptors (Lipinski definition) is 3. The molecule has 0 N–H and O–H groups in total. The summed E-state index contributed by atoms with van der Waals surface area (Å²) in [7, 11) is 3.24. The van der Waals surface area contributed by atoms with Crippen molar-refractivity contribution in [1.82, 2.24) is 4.90 Å². The lowest BCUT2D eigenvalue weighted by Gasteiger charge is -2.22. The third kappa shape index (κ3) is 3.32. The van der Waals surface area contributed by atoms with Crippen LogP contribution in [0.15, 0.2) is 41.6 Å². The summed E-state index contributed by atoms with van der Waals surface area (Å²) in [6.45, 7) is 6.67. The highest BCUT2D eigenvalue weighted by atomic mass is 16.5. The standard InChI is InChI=1S/C18H23NO3/c1-12(2)8-16-13(3)9-18(20)19(16)11-14-6-7-15(21-4)10-17(14)22-5/h6-10,12H,11H2,1-5H3/b16-8-. The molecule has 0 bridgehead atoms. The summed E-state index contributed by atoms with van der Waals surface area (Å²) in [5.41, 5.74) is 2.94. The molecule has 0 saturated carbocycles. The van der Waals surface area contributed by atoms with Gasteiger partial charge in [0.05, 0.1) is 20.8 Å². The van der Waals surface area contributed by atoms with Gasteiger partial charge in [0.1, 0.15) is 11.5 Å². The van der Waals surface area contributed by atoms with E-state index in [1.165, 1.54) is 0 Å². The second kappa shape index (κ2) is 6.69. The molecule has 1 aliphatic heterocycles. The normalized spacial score (nSPS) is 16.5. The highest BCUT2D eigenvalue weighted by molar-refractivity contribution is 5.94. The van der Waals surface area contributed by atoms with Crippen molar-refractivity contribution in [3.8, 4) is 11.5 Å². The number of hydrogen-bond donors (Lipinski definition) is 0. The van der Waals surface area contributed by atoms with Gasteiger partial charge in [0.15, 0.2) is 0 Å². The lowest BCUT2D eigenvalue weighted by molar-refractivity contribution is -0.123. The molecule has 0 saturated heterocycles. The van der Waals surface area contributed by atoms with E-state index < -0.39 is 0 Å². The Morgan fingerprint density at radius 3 is 2.55 bits per heavy atom. The number of allylic oxidation sites excluding steroid dienone is 2. The predicted molar refractivity (Wildman–Crippen MR) is 86.8 cm³/mol. The molecule has 2 rings (SSSR count). The van der Waals surface area contributed by atoms with Gasteiger partial charge in [-0.15, -0.1) is 0 Å². The van der Waals surface area contributed by atoms with Gasteiger partial charge in [-0.05, 0) is 30.5 Å². The lowest BCUT2D eigenvalue weighted by atomic mass is 10.1. The number of carbonyl (C=O) groups excluding carboxylic acids is 1. The van der Waals surface area contributed by atoms with Crippen molar-refractivity contribution in [1.29, 1.82) is 0 Å². The number of amides is 1. The second-order valence-electron chi connectivity index (χ2n) is 5.73. The van der Waals surface area contributed by atoms with Crippen molar-refractivity contribution in [2.24, 2.45) is 5.92 Å². The summed E-state index contributed by atoms with van der Waals surface area (Å²) in [4.78, 5) is 14.0. The van der Waals surface area contributed by atoms with E-state index in [0.717, 1.165) is 28.3 Å². The molecule has 0 fully saturated rings. The molecule has 0 spiro atoms. The largest absolute Gasteiger partial charge is 0.497 e. The number of carbonyl (C=O) groups is 1. The molecule has 1 amide bonds. The van der Waals surface area contributed by atoms with Gasteiger partial charge in [0.2, 0.25) is 0 Å². The van der Waals surface area contributed by atoms with Gasteiger partial charge in [-0.25, -0.2) is 0 Å². The topological polar surface area (TPSA) is 38.8 Å². The molecule has 0 radical (unpaired) electrons. The maximum atomic E-state index is 12.2. The Bertz CT molecular complexity index is 629. The fourth-order valence-corrected chi connectivity index (χ4v) is 2.52. The zero-order valence-electron chi connectivity index (χ0n) is 13.8. The molecule has 0 aromatic heterocycles. The molecule has 118 valence electrons. The molecule has 0 unspecified atom stereocenters. The Morgan fingerprint density at radius 1 is 1.23 bits per heavy atom. The first-order valence-electron chi connectivity index (χ1n) is 7.39. The third-order valence-electron chi connectivity index (χ3n) is 3.61. The summed E-state index contributed by atoms with van der Waals surface area (Å²) < 4.78 is 10.6. The number of ether oxygens (including phenoxy) is 2. The van der Waals surface area contributed by atoms with Crippen molar-refractivity contribution in [2.45, 2.75) is 27.3 Å². The van der Waals surface area contributed by atoms with Crippen LogP contribution in [0.1, 0.15) is 26.3 Å². The summed E-state index contributed by atoms with van der Waals surface area (Å²) in [6, 6.07) is 5.65. The van der Waals surface area contributed by atoms with Crippen molar-refractivity contribution >= 4 is 5.91 Å². The van der Waals surface area contributed by atoms with Gasteiger partial charge in [-0.1, -0.05) is 19.9 Å². The Balaban J connectivity index is 2.31. The van der Waals surface area contributed by atoms with E-state index in [1.807, 2.05) is 25.1 Å². The Labute approximate surface area is 132 Å². The van der Waals surface area contributed by atoms with Crippen LogP contribution in [0.5, 0.6) is 11.5 Å². The molecule has 0 atom stereocenters. The van der Waals surface area contributed by atoms with Crippen LogP contribution in [0.4, 0.5) is 0 Å². The van der Waals surface area contributed by atoms with Crippen LogP contribution < -0.4 is 9.47 Å². The molecule has 1 aromatic carbocycles. The average Bonchev–Trinajstić information content (AvgIpc) is 2.74. The molecule has 1 aromatic rings. The molecule has 4 nitrogen and oxygen atoms in total. The summed E-state index contributed by atoms with van der Waals surface area (Å²) in [5.74, 6) is 1.85. The minimum absolute atomic E-state index is 0.0160. The minimum Gasteiger partial charge on any atom is -0.497 e. The van der Waals surface area contributed by atoms with E-state index in [1.54, 1.807) is 25.2 Å². The molecule has 4 heteroatoms. The maximum Gasteiger partial charge on any atom is 0.251 e. The van der Waals surface area contributed by atoms with Crippen LogP contribution in [-0.4, -0.2) is 25.0 Å². The quantitative estimate of drug-likeness (QED) is 0.835. The highest BCUT2D eigenvalue weighted by Gasteiger charge is 2.26. The van der Waals surface area contributed by atoms with E-state index in [9.17, 15) is 4.79 Å². The number of methoxy groups -OCH3 is 2. The smallest absolute Gasteiger partial charge is 0.251 e. The zero-order chi connectivity index (χ0) is 16.3. The van der Waals surface area contributed by atoms with Crippen LogP contribution in [0.3, 0.4) is 0 Å². The van der Waals surface area contributed by atoms with Crippen LogP contribution in [0.25, 0.3) is 0 Å². The SMILES string of the molecule is COc1ccc(CN2C(=O)C=C(C)/C2=C/C(C)C)c(OC)c1. The second-order valence-corrected chi connectivity index (χ2v) is 5.73. The average molecular weight is 301 g/mol. The Morgan fingerprint density at radius 2 is 1.95 bits per heavy atom. The highest BCUT2D eigenvalue weighted by Crippen LogP contribution is 2.31. The van der Waals surface area contributed by atoms with Gasteiger partial charge < -0.3 is 14.4 Å². The van der Waals surface area contributed by atoms with E-state index in [4.69, 9.17) is 9.47 Å². The molecule has 0 aliphatic carbocycles. The summed E-state index contributed by atoms with van der Waals surface area (Å²) >= 11 is 0. The molecular weight excluding hydrogens is 278 g/mol. The summed E-state index contributed by atoms with van der Waals surface area (Å²) in [5, 5.41) is 0. The van der Waals surface area contributed by atoms with Gasteiger partial charge in [-0.2, -0.15) is 0 Å². The predicted octanol–water partition coefficient (Wildman–Crippen LogP) is 3.53. The molecule has 1 aliphatic rings. The van der Waals surface area contributed by atoms with Crippen LogP contribution >= 0.6 is 0 Å². The first kappa shape index (κ1) is 16.1. The van der Waals surface area contributed by atoms with Gasteiger partial charge >= 0.3 is 0 Å². The fraction of sp³-hybridized carbons (Fsp3) is 0.389. The van der Waals surface area contributed by atoms with Gasteiger partial charge in [0, 0.05) is 23.4 Å². The molecule has 1 heterocycles. The number of benzene rings is 1. The van der Waals surface area contributed by atoms with E-state index in [2.05, 4.69) is 19.9 Å². The Kier molecular flexibility index (Phi) is 4.91. The third-order valence-corrected chi connectivity index (χ3v) is 3.61. The maximum absolute atomic E-state index is 12.2.